The minimum atomic E-state index is -2.08. The molecule has 0 saturated carbocycles. The second kappa shape index (κ2) is 3.71. The third-order valence-electron chi connectivity index (χ3n) is 1.01. The van der Waals surface area contributed by atoms with Crippen molar-refractivity contribution in [2.45, 2.75) is 0 Å². The molecule has 0 aliphatic rings. The van der Waals surface area contributed by atoms with Crippen molar-refractivity contribution >= 4 is 18.9 Å². The Morgan fingerprint density at radius 1 is 1.58 bits per heavy atom. The zero-order valence-corrected chi connectivity index (χ0v) is 6.49. The summed E-state index contributed by atoms with van der Waals surface area (Å²) in [5.41, 5.74) is 0. The van der Waals surface area contributed by atoms with Crippen LogP contribution in [0.1, 0.15) is 0 Å². The fourth-order valence-electron chi connectivity index (χ4n) is 0.600. The predicted octanol–water partition coefficient (Wildman–Crippen LogP) is 0.222. The molecule has 0 bridgehead atoms. The summed E-state index contributed by atoms with van der Waals surface area (Å²) in [6, 6.07) is 1.09. The van der Waals surface area contributed by atoms with E-state index in [1.807, 2.05) is 0 Å². The van der Waals surface area contributed by atoms with Gasteiger partial charge >= 0.3 is 7.32 Å². The van der Waals surface area contributed by atoms with Crippen molar-refractivity contribution in [2.24, 2.45) is 0 Å². The zero-order valence-electron chi connectivity index (χ0n) is 5.74. The highest BCUT2D eigenvalue weighted by Crippen LogP contribution is 2.19. The number of hydrogen-bond donors (Lipinski definition) is 2. The van der Waals surface area contributed by atoms with Crippen LogP contribution in [0.4, 0.5) is 4.39 Å². The maximum Gasteiger partial charge on any atom is 0.707 e. The molecule has 1 aromatic rings. The second-order valence-electron chi connectivity index (χ2n) is 1.89. The fraction of sp³-hybridized carbons (Fsp3) is 0. The van der Waals surface area contributed by atoms with Crippen LogP contribution in [-0.2, 0) is 0 Å². The summed E-state index contributed by atoms with van der Waals surface area (Å²) in [4.78, 5) is 3.19. The highest BCUT2D eigenvalue weighted by Gasteiger charge is 2.15. The van der Waals surface area contributed by atoms with Gasteiger partial charge in [-0.05, 0) is 0 Å². The van der Waals surface area contributed by atoms with E-state index >= 15 is 0 Å². The van der Waals surface area contributed by atoms with Gasteiger partial charge in [0.1, 0.15) is 0 Å². The first kappa shape index (κ1) is 9.24. The van der Waals surface area contributed by atoms with Crippen molar-refractivity contribution in [3.8, 4) is 5.75 Å². The van der Waals surface area contributed by atoms with E-state index in [-0.39, 0.29) is 5.02 Å². The number of aromatic nitrogens is 1. The number of nitrogens with zero attached hydrogens (tertiary/aromatic N) is 1. The van der Waals surface area contributed by atoms with Crippen molar-refractivity contribution in [3.63, 3.8) is 0 Å². The molecule has 0 saturated heterocycles. The molecule has 1 rings (SSSR count). The van der Waals surface area contributed by atoms with Crippen molar-refractivity contribution in [1.82, 2.24) is 4.98 Å². The van der Waals surface area contributed by atoms with E-state index in [1.165, 1.54) is 0 Å². The molecule has 0 spiro atoms. The van der Waals surface area contributed by atoms with Crippen LogP contribution in [0.15, 0.2) is 12.3 Å². The molecular weight excluding hydrogens is 187 g/mol. The van der Waals surface area contributed by atoms with E-state index in [1.54, 1.807) is 0 Å². The van der Waals surface area contributed by atoms with E-state index in [9.17, 15) is 4.39 Å². The SMILES string of the molecule is OB(O)Oc1cc(Cl)cnc1F. The summed E-state index contributed by atoms with van der Waals surface area (Å²) in [5.74, 6) is -1.36. The largest absolute Gasteiger partial charge is 0.707 e. The summed E-state index contributed by atoms with van der Waals surface area (Å²) in [7, 11) is -2.08. The van der Waals surface area contributed by atoms with Gasteiger partial charge in [0.25, 0.3) is 5.95 Å². The molecule has 64 valence electrons. The first-order valence-electron chi connectivity index (χ1n) is 2.93. The van der Waals surface area contributed by atoms with Crippen LogP contribution >= 0.6 is 11.6 Å². The van der Waals surface area contributed by atoms with Gasteiger partial charge in [-0.2, -0.15) is 4.39 Å². The Kier molecular flexibility index (Phi) is 2.85. The number of pyridine rings is 1. The van der Waals surface area contributed by atoms with Crippen LogP contribution in [0.25, 0.3) is 0 Å². The van der Waals surface area contributed by atoms with E-state index in [0.29, 0.717) is 0 Å². The van der Waals surface area contributed by atoms with Gasteiger partial charge < -0.3 is 14.7 Å². The molecule has 0 atom stereocenters. The molecule has 2 N–H and O–H groups in total. The van der Waals surface area contributed by atoms with E-state index in [2.05, 4.69) is 9.64 Å². The molecule has 0 radical (unpaired) electrons. The Morgan fingerprint density at radius 2 is 2.25 bits per heavy atom. The van der Waals surface area contributed by atoms with E-state index in [0.717, 1.165) is 12.3 Å². The lowest BCUT2D eigenvalue weighted by Crippen LogP contribution is -2.21. The van der Waals surface area contributed by atoms with Crippen LogP contribution < -0.4 is 4.65 Å². The Labute approximate surface area is 72.7 Å². The maximum absolute atomic E-state index is 12.6. The van der Waals surface area contributed by atoms with Gasteiger partial charge in [0.05, 0.1) is 5.02 Å². The number of halogens is 2. The van der Waals surface area contributed by atoms with Crippen LogP contribution in [-0.4, -0.2) is 22.4 Å². The summed E-state index contributed by atoms with van der Waals surface area (Å²) >= 11 is 5.43. The lowest BCUT2D eigenvalue weighted by molar-refractivity contribution is 0.280. The minimum Gasteiger partial charge on any atom is -0.508 e. The average molecular weight is 191 g/mol. The van der Waals surface area contributed by atoms with Crippen LogP contribution in [0.2, 0.25) is 5.02 Å². The summed E-state index contributed by atoms with van der Waals surface area (Å²) in [6.07, 6.45) is 1.08. The number of hydrogen-bond acceptors (Lipinski definition) is 4. The second-order valence-corrected chi connectivity index (χ2v) is 2.32. The topological polar surface area (TPSA) is 62.6 Å². The van der Waals surface area contributed by atoms with Gasteiger partial charge in [-0.3, -0.25) is 0 Å². The third kappa shape index (κ3) is 2.33. The van der Waals surface area contributed by atoms with Gasteiger partial charge in [-0.15, -0.1) is 0 Å². The first-order chi connectivity index (χ1) is 5.59. The Balaban J connectivity index is 2.90. The maximum atomic E-state index is 12.6. The van der Waals surface area contributed by atoms with E-state index < -0.39 is 19.0 Å². The highest BCUT2D eigenvalue weighted by molar-refractivity contribution is 6.34. The lowest BCUT2D eigenvalue weighted by atomic mass is 10.2. The van der Waals surface area contributed by atoms with E-state index in [4.69, 9.17) is 21.6 Å². The highest BCUT2D eigenvalue weighted by atomic mass is 35.5. The van der Waals surface area contributed by atoms with Gasteiger partial charge in [0.15, 0.2) is 5.75 Å². The number of rotatable bonds is 2. The molecule has 0 aromatic carbocycles. The van der Waals surface area contributed by atoms with Crippen molar-refractivity contribution in [3.05, 3.63) is 23.2 Å². The Hall–Kier alpha value is -0.845. The van der Waals surface area contributed by atoms with Gasteiger partial charge in [0, 0.05) is 12.3 Å². The molecule has 1 heterocycles. The van der Waals surface area contributed by atoms with Crippen molar-refractivity contribution in [2.75, 3.05) is 0 Å². The van der Waals surface area contributed by atoms with Gasteiger partial charge in [-0.1, -0.05) is 11.6 Å². The van der Waals surface area contributed by atoms with Crippen molar-refractivity contribution in [1.29, 1.82) is 0 Å². The molecule has 7 heteroatoms. The summed E-state index contributed by atoms with van der Waals surface area (Å²) in [6.45, 7) is 0. The zero-order chi connectivity index (χ0) is 9.14. The molecule has 4 nitrogen and oxygen atoms in total. The summed E-state index contributed by atoms with van der Waals surface area (Å²) in [5, 5.41) is 16.8. The van der Waals surface area contributed by atoms with Crippen molar-refractivity contribution < 1.29 is 19.1 Å². The standard InChI is InChI=1S/C5H4BClFNO3/c7-3-1-4(12-6(10)11)5(8)9-2-3/h1-2,10-11H. The molecule has 0 amide bonds. The molecule has 0 unspecified atom stereocenters. The van der Waals surface area contributed by atoms with Crippen LogP contribution in [0.3, 0.4) is 0 Å². The Morgan fingerprint density at radius 3 is 2.83 bits per heavy atom. The average Bonchev–Trinajstić information content (AvgIpc) is 1.96. The molecule has 0 aliphatic heterocycles. The molecule has 1 aromatic heterocycles. The fourth-order valence-corrected chi connectivity index (χ4v) is 0.748. The van der Waals surface area contributed by atoms with Gasteiger partial charge in [-0.25, -0.2) is 4.98 Å². The van der Waals surface area contributed by atoms with Crippen LogP contribution in [0.5, 0.6) is 5.75 Å². The molecular formula is C5H4BClFNO3. The van der Waals surface area contributed by atoms with Gasteiger partial charge in [0.2, 0.25) is 0 Å². The monoisotopic (exact) mass is 191 g/mol. The first-order valence-corrected chi connectivity index (χ1v) is 3.31. The predicted molar refractivity (Wildman–Crippen MR) is 40.0 cm³/mol. The van der Waals surface area contributed by atoms with Crippen LogP contribution in [0, 0.1) is 5.95 Å². The summed E-state index contributed by atoms with van der Waals surface area (Å²) < 4.78 is 16.8. The minimum absolute atomic E-state index is 0.145. The molecule has 0 fully saturated rings. The molecule has 12 heavy (non-hydrogen) atoms. The molecule has 0 aliphatic carbocycles. The quantitative estimate of drug-likeness (QED) is 0.519. The normalized spacial score (nSPS) is 9.67. The smallest absolute Gasteiger partial charge is 0.508 e. The lowest BCUT2D eigenvalue weighted by Gasteiger charge is -2.04. The Bertz CT molecular complexity index is 285. The third-order valence-corrected chi connectivity index (χ3v) is 1.21.